The Morgan fingerprint density at radius 2 is 2.27 bits per heavy atom. The topological polar surface area (TPSA) is 20.2 Å². The van der Waals surface area contributed by atoms with Gasteiger partial charge in [-0.25, -0.2) is 4.39 Å². The van der Waals surface area contributed by atoms with Crippen molar-refractivity contribution in [3.63, 3.8) is 0 Å². The zero-order valence-corrected chi connectivity index (χ0v) is 10.2. The molecule has 0 amide bonds. The van der Waals surface area contributed by atoms with Gasteiger partial charge in [0, 0.05) is 4.47 Å². The summed E-state index contributed by atoms with van der Waals surface area (Å²) in [6, 6.07) is 4.61. The number of halogens is 2. The highest BCUT2D eigenvalue weighted by Gasteiger charge is 2.38. The zero-order chi connectivity index (χ0) is 11.0. The van der Waals surface area contributed by atoms with Crippen LogP contribution in [0.5, 0.6) is 0 Å². The first-order valence-corrected chi connectivity index (χ1v) is 5.99. The van der Waals surface area contributed by atoms with Gasteiger partial charge in [0.25, 0.3) is 0 Å². The lowest BCUT2D eigenvalue weighted by Crippen LogP contribution is -2.14. The van der Waals surface area contributed by atoms with Gasteiger partial charge >= 0.3 is 0 Å². The van der Waals surface area contributed by atoms with Crippen LogP contribution in [0.1, 0.15) is 18.9 Å². The molecule has 0 saturated heterocycles. The van der Waals surface area contributed by atoms with Crippen LogP contribution < -0.4 is 0 Å². The molecular weight excluding hydrogens is 259 g/mol. The third-order valence-electron chi connectivity index (χ3n) is 3.11. The summed E-state index contributed by atoms with van der Waals surface area (Å²) < 4.78 is 13.6. The molecule has 3 atom stereocenters. The van der Waals surface area contributed by atoms with Crippen molar-refractivity contribution in [2.24, 2.45) is 11.8 Å². The van der Waals surface area contributed by atoms with Crippen LogP contribution in [0.15, 0.2) is 22.7 Å². The molecule has 1 saturated carbocycles. The Balaban J connectivity index is 2.04. The smallest absolute Gasteiger partial charge is 0.124 e. The van der Waals surface area contributed by atoms with Crippen LogP contribution in [-0.4, -0.2) is 11.2 Å². The fraction of sp³-hybridized carbons (Fsp3) is 0.500. The lowest BCUT2D eigenvalue weighted by atomic mass is 10.0. The van der Waals surface area contributed by atoms with Crippen LogP contribution in [0.4, 0.5) is 4.39 Å². The van der Waals surface area contributed by atoms with Crippen molar-refractivity contribution < 1.29 is 9.50 Å². The van der Waals surface area contributed by atoms with E-state index < -0.39 is 0 Å². The van der Waals surface area contributed by atoms with Crippen LogP contribution in [0.3, 0.4) is 0 Å². The highest BCUT2D eigenvalue weighted by molar-refractivity contribution is 9.10. The molecular formula is C12H14BrFO. The molecule has 1 aromatic rings. The van der Waals surface area contributed by atoms with Gasteiger partial charge in [-0.15, -0.1) is 0 Å². The average molecular weight is 273 g/mol. The molecule has 15 heavy (non-hydrogen) atoms. The maximum Gasteiger partial charge on any atom is 0.124 e. The van der Waals surface area contributed by atoms with E-state index in [0.29, 0.717) is 18.3 Å². The molecule has 3 heteroatoms. The molecule has 0 aromatic heterocycles. The summed E-state index contributed by atoms with van der Waals surface area (Å²) in [5.41, 5.74) is 0.975. The van der Waals surface area contributed by atoms with Crippen LogP contribution in [-0.2, 0) is 6.42 Å². The molecule has 0 heterocycles. The van der Waals surface area contributed by atoms with E-state index in [0.717, 1.165) is 16.5 Å². The standard InChI is InChI=1S/C12H14BrFO/c1-7-4-10(7)12(15)5-8-2-3-9(14)6-11(8)13/h2-3,6-7,10,12,15H,4-5H2,1H3. The van der Waals surface area contributed by atoms with E-state index in [2.05, 4.69) is 22.9 Å². The van der Waals surface area contributed by atoms with E-state index in [1.807, 2.05) is 0 Å². The van der Waals surface area contributed by atoms with Crippen LogP contribution in [0, 0.1) is 17.7 Å². The predicted molar refractivity (Wildman–Crippen MR) is 61.1 cm³/mol. The van der Waals surface area contributed by atoms with Crippen molar-refractivity contribution in [2.75, 3.05) is 0 Å². The number of aliphatic hydroxyl groups excluding tert-OH is 1. The molecule has 1 aliphatic carbocycles. The van der Waals surface area contributed by atoms with Crippen molar-refractivity contribution in [3.05, 3.63) is 34.1 Å². The lowest BCUT2D eigenvalue weighted by Gasteiger charge is -2.11. The third-order valence-corrected chi connectivity index (χ3v) is 3.85. The molecule has 1 fully saturated rings. The van der Waals surface area contributed by atoms with Gasteiger partial charge in [-0.05, 0) is 42.4 Å². The van der Waals surface area contributed by atoms with E-state index in [1.54, 1.807) is 6.07 Å². The van der Waals surface area contributed by atoms with Crippen LogP contribution in [0.25, 0.3) is 0 Å². The average Bonchev–Trinajstić information content (AvgIpc) is 2.88. The third kappa shape index (κ3) is 2.58. The number of hydrogen-bond acceptors (Lipinski definition) is 1. The first-order chi connectivity index (χ1) is 7.08. The minimum Gasteiger partial charge on any atom is -0.392 e. The van der Waals surface area contributed by atoms with Gasteiger partial charge in [0.1, 0.15) is 5.82 Å². The predicted octanol–water partition coefficient (Wildman–Crippen LogP) is 3.15. The van der Waals surface area contributed by atoms with Gasteiger partial charge < -0.3 is 5.11 Å². The van der Waals surface area contributed by atoms with E-state index in [9.17, 15) is 9.50 Å². The Morgan fingerprint density at radius 1 is 1.60 bits per heavy atom. The van der Waals surface area contributed by atoms with E-state index in [4.69, 9.17) is 0 Å². The second-order valence-corrected chi connectivity index (χ2v) is 5.24. The second-order valence-electron chi connectivity index (χ2n) is 4.38. The number of benzene rings is 1. The zero-order valence-electron chi connectivity index (χ0n) is 8.58. The molecule has 82 valence electrons. The van der Waals surface area contributed by atoms with Crippen molar-refractivity contribution >= 4 is 15.9 Å². The van der Waals surface area contributed by atoms with Crippen LogP contribution in [0.2, 0.25) is 0 Å². The summed E-state index contributed by atoms with van der Waals surface area (Å²) in [4.78, 5) is 0. The van der Waals surface area contributed by atoms with E-state index >= 15 is 0 Å². The Hall–Kier alpha value is -0.410. The van der Waals surface area contributed by atoms with Gasteiger partial charge in [-0.3, -0.25) is 0 Å². The summed E-state index contributed by atoms with van der Waals surface area (Å²) in [5.74, 6) is 0.820. The van der Waals surface area contributed by atoms with Gasteiger partial charge in [0.15, 0.2) is 0 Å². The Morgan fingerprint density at radius 3 is 2.80 bits per heavy atom. The Bertz CT molecular complexity index is 367. The monoisotopic (exact) mass is 272 g/mol. The Kier molecular flexibility index (Phi) is 3.12. The largest absolute Gasteiger partial charge is 0.392 e. The second kappa shape index (κ2) is 4.22. The Labute approximate surface area is 97.4 Å². The molecule has 0 aliphatic heterocycles. The van der Waals surface area contributed by atoms with Crippen molar-refractivity contribution in [1.82, 2.24) is 0 Å². The number of rotatable bonds is 3. The van der Waals surface area contributed by atoms with Gasteiger partial charge in [-0.2, -0.15) is 0 Å². The van der Waals surface area contributed by atoms with Crippen LogP contribution >= 0.6 is 15.9 Å². The summed E-state index contributed by atoms with van der Waals surface area (Å²) in [5, 5.41) is 9.89. The molecule has 1 aliphatic rings. The molecule has 2 rings (SSSR count). The normalized spacial score (nSPS) is 26.4. The fourth-order valence-corrected chi connectivity index (χ4v) is 2.46. The molecule has 3 unspecified atom stereocenters. The molecule has 0 bridgehead atoms. The minimum atomic E-state index is -0.290. The van der Waals surface area contributed by atoms with Gasteiger partial charge in [0.2, 0.25) is 0 Å². The number of aliphatic hydroxyl groups is 1. The van der Waals surface area contributed by atoms with E-state index in [1.165, 1.54) is 12.1 Å². The first kappa shape index (κ1) is 11.1. The molecule has 0 radical (unpaired) electrons. The summed E-state index contributed by atoms with van der Waals surface area (Å²) in [6.45, 7) is 2.15. The van der Waals surface area contributed by atoms with Crippen molar-refractivity contribution in [3.8, 4) is 0 Å². The molecule has 1 nitrogen and oxygen atoms in total. The number of hydrogen-bond donors (Lipinski definition) is 1. The van der Waals surface area contributed by atoms with Crippen molar-refractivity contribution in [1.29, 1.82) is 0 Å². The SMILES string of the molecule is CC1CC1C(O)Cc1ccc(F)cc1Br. The van der Waals surface area contributed by atoms with Gasteiger partial charge in [0.05, 0.1) is 6.10 Å². The minimum absolute atomic E-state index is 0.250. The molecule has 1 aromatic carbocycles. The van der Waals surface area contributed by atoms with E-state index in [-0.39, 0.29) is 11.9 Å². The first-order valence-electron chi connectivity index (χ1n) is 5.20. The highest BCUT2D eigenvalue weighted by Crippen LogP contribution is 2.41. The highest BCUT2D eigenvalue weighted by atomic mass is 79.9. The summed E-state index contributed by atoms with van der Waals surface area (Å²) in [6.07, 6.45) is 1.43. The summed E-state index contributed by atoms with van der Waals surface area (Å²) >= 11 is 3.31. The van der Waals surface area contributed by atoms with Crippen molar-refractivity contribution in [2.45, 2.75) is 25.9 Å². The molecule has 0 spiro atoms. The maximum atomic E-state index is 12.8. The quantitative estimate of drug-likeness (QED) is 0.897. The summed E-state index contributed by atoms with van der Waals surface area (Å²) in [7, 11) is 0. The molecule has 1 N–H and O–H groups in total. The lowest BCUT2D eigenvalue weighted by molar-refractivity contribution is 0.146. The maximum absolute atomic E-state index is 12.8. The van der Waals surface area contributed by atoms with Gasteiger partial charge in [-0.1, -0.05) is 28.9 Å². The fourth-order valence-electron chi connectivity index (χ4n) is 1.95.